The molecule has 0 amide bonds. The Hall–Kier alpha value is -1.88. The van der Waals surface area contributed by atoms with Crippen LogP contribution in [0.25, 0.3) is 11.0 Å². The van der Waals surface area contributed by atoms with E-state index in [2.05, 4.69) is 0 Å². The Morgan fingerprint density at radius 3 is 2.28 bits per heavy atom. The van der Waals surface area contributed by atoms with Crippen molar-refractivity contribution in [2.75, 3.05) is 21.3 Å². The maximum absolute atomic E-state index is 5.69. The summed E-state index contributed by atoms with van der Waals surface area (Å²) >= 11 is 0. The molecule has 0 saturated carbocycles. The molecule has 2 rings (SSSR count). The predicted molar refractivity (Wildman–Crippen MR) is 68.5 cm³/mol. The fourth-order valence-corrected chi connectivity index (χ4v) is 2.11. The zero-order chi connectivity index (χ0) is 13.3. The van der Waals surface area contributed by atoms with Crippen molar-refractivity contribution in [2.24, 2.45) is 5.73 Å². The summed E-state index contributed by atoms with van der Waals surface area (Å²) in [6, 6.07) is 1.78. The van der Waals surface area contributed by atoms with E-state index in [-0.39, 0.29) is 0 Å². The summed E-state index contributed by atoms with van der Waals surface area (Å²) < 4.78 is 21.7. The molecule has 0 spiro atoms. The van der Waals surface area contributed by atoms with Crippen LogP contribution in [-0.2, 0) is 6.54 Å². The summed E-state index contributed by atoms with van der Waals surface area (Å²) in [7, 11) is 4.74. The molecule has 2 N–H and O–H groups in total. The summed E-state index contributed by atoms with van der Waals surface area (Å²) in [5, 5.41) is 0.871. The maximum Gasteiger partial charge on any atom is 0.204 e. The first-order valence-corrected chi connectivity index (χ1v) is 5.58. The monoisotopic (exact) mass is 251 g/mol. The molecule has 0 fully saturated rings. The Balaban J connectivity index is 2.86. The Morgan fingerprint density at radius 2 is 1.78 bits per heavy atom. The van der Waals surface area contributed by atoms with Crippen LogP contribution in [0, 0.1) is 6.92 Å². The van der Waals surface area contributed by atoms with E-state index in [0.717, 1.165) is 16.7 Å². The second kappa shape index (κ2) is 4.78. The number of furan rings is 1. The minimum absolute atomic E-state index is 0.342. The van der Waals surface area contributed by atoms with Gasteiger partial charge in [0.2, 0.25) is 5.75 Å². The van der Waals surface area contributed by atoms with E-state index in [1.165, 1.54) is 0 Å². The molecule has 0 saturated heterocycles. The molecule has 0 atom stereocenters. The molecule has 5 nitrogen and oxygen atoms in total. The molecule has 0 unspecified atom stereocenters. The number of hydrogen-bond donors (Lipinski definition) is 1. The number of ether oxygens (including phenoxy) is 3. The van der Waals surface area contributed by atoms with Gasteiger partial charge in [-0.3, -0.25) is 0 Å². The first kappa shape index (κ1) is 12.6. The van der Waals surface area contributed by atoms with E-state index >= 15 is 0 Å². The lowest BCUT2D eigenvalue weighted by molar-refractivity contribution is 0.326. The van der Waals surface area contributed by atoms with Crippen LogP contribution in [0.2, 0.25) is 0 Å². The minimum Gasteiger partial charge on any atom is -0.493 e. The normalized spacial score (nSPS) is 10.7. The number of fused-ring (bicyclic) bond motifs is 1. The third-order valence-electron chi connectivity index (χ3n) is 3.01. The quantitative estimate of drug-likeness (QED) is 0.902. The molecule has 0 radical (unpaired) electrons. The van der Waals surface area contributed by atoms with Crippen LogP contribution in [0.3, 0.4) is 0 Å². The van der Waals surface area contributed by atoms with Crippen molar-refractivity contribution in [1.29, 1.82) is 0 Å². The molecule has 0 aliphatic carbocycles. The SMILES string of the molecule is COc1cc2oc(CN)c(C)c2c(OC)c1OC. The molecule has 18 heavy (non-hydrogen) atoms. The zero-order valence-electron chi connectivity index (χ0n) is 11.0. The highest BCUT2D eigenvalue weighted by Crippen LogP contribution is 2.45. The number of aryl methyl sites for hydroxylation is 1. The summed E-state index contributed by atoms with van der Waals surface area (Å²) in [6.07, 6.45) is 0. The number of hydrogen-bond acceptors (Lipinski definition) is 5. The molecule has 1 aromatic heterocycles. The van der Waals surface area contributed by atoms with Gasteiger partial charge in [0.15, 0.2) is 11.5 Å². The van der Waals surface area contributed by atoms with Crippen LogP contribution in [0.5, 0.6) is 17.2 Å². The highest BCUT2D eigenvalue weighted by molar-refractivity contribution is 5.93. The van der Waals surface area contributed by atoms with Crippen molar-refractivity contribution >= 4 is 11.0 Å². The van der Waals surface area contributed by atoms with Gasteiger partial charge in [-0.1, -0.05) is 0 Å². The van der Waals surface area contributed by atoms with Crippen molar-refractivity contribution in [1.82, 2.24) is 0 Å². The van der Waals surface area contributed by atoms with E-state index in [1.807, 2.05) is 6.92 Å². The van der Waals surface area contributed by atoms with E-state index in [1.54, 1.807) is 27.4 Å². The Labute approximate surface area is 105 Å². The Morgan fingerprint density at radius 1 is 1.11 bits per heavy atom. The topological polar surface area (TPSA) is 66.9 Å². The molecule has 5 heteroatoms. The average molecular weight is 251 g/mol. The molecule has 0 bridgehead atoms. The molecular formula is C13H17NO4. The van der Waals surface area contributed by atoms with Gasteiger partial charge in [0.25, 0.3) is 0 Å². The third-order valence-corrected chi connectivity index (χ3v) is 3.01. The predicted octanol–water partition coefficient (Wildman–Crippen LogP) is 2.23. The van der Waals surface area contributed by atoms with Gasteiger partial charge in [0.05, 0.1) is 33.3 Å². The number of methoxy groups -OCH3 is 3. The van der Waals surface area contributed by atoms with Gasteiger partial charge in [-0.05, 0) is 6.92 Å². The summed E-state index contributed by atoms with van der Waals surface area (Å²) in [5.74, 6) is 2.46. The van der Waals surface area contributed by atoms with Crippen LogP contribution >= 0.6 is 0 Å². The fourth-order valence-electron chi connectivity index (χ4n) is 2.11. The Kier molecular flexibility index (Phi) is 3.34. The van der Waals surface area contributed by atoms with Crippen LogP contribution in [0.15, 0.2) is 10.5 Å². The third kappa shape index (κ3) is 1.67. The van der Waals surface area contributed by atoms with Crippen LogP contribution in [-0.4, -0.2) is 21.3 Å². The summed E-state index contributed by atoms with van der Waals surface area (Å²) in [5.41, 5.74) is 7.30. The van der Waals surface area contributed by atoms with Crippen LogP contribution < -0.4 is 19.9 Å². The van der Waals surface area contributed by atoms with E-state index in [4.69, 9.17) is 24.4 Å². The number of nitrogens with two attached hydrogens (primary N) is 1. The second-order valence-corrected chi connectivity index (χ2v) is 3.87. The molecule has 98 valence electrons. The van der Waals surface area contributed by atoms with Gasteiger partial charge in [-0.2, -0.15) is 0 Å². The molecule has 1 heterocycles. The highest BCUT2D eigenvalue weighted by Gasteiger charge is 2.21. The number of rotatable bonds is 4. The molecule has 1 aromatic carbocycles. The van der Waals surface area contributed by atoms with Crippen molar-refractivity contribution in [3.8, 4) is 17.2 Å². The largest absolute Gasteiger partial charge is 0.493 e. The number of benzene rings is 1. The van der Waals surface area contributed by atoms with Gasteiger partial charge in [0, 0.05) is 11.6 Å². The minimum atomic E-state index is 0.342. The zero-order valence-corrected chi connectivity index (χ0v) is 11.0. The van der Waals surface area contributed by atoms with Crippen LogP contribution in [0.4, 0.5) is 0 Å². The molecule has 2 aromatic rings. The fraction of sp³-hybridized carbons (Fsp3) is 0.385. The Bertz CT molecular complexity index is 574. The van der Waals surface area contributed by atoms with E-state index in [0.29, 0.717) is 29.4 Å². The van der Waals surface area contributed by atoms with Crippen LogP contribution in [0.1, 0.15) is 11.3 Å². The molecular weight excluding hydrogens is 234 g/mol. The average Bonchev–Trinajstić information content (AvgIpc) is 2.72. The summed E-state index contributed by atoms with van der Waals surface area (Å²) in [6.45, 7) is 2.29. The summed E-state index contributed by atoms with van der Waals surface area (Å²) in [4.78, 5) is 0. The maximum atomic E-state index is 5.69. The first-order valence-electron chi connectivity index (χ1n) is 5.58. The van der Waals surface area contributed by atoms with Gasteiger partial charge < -0.3 is 24.4 Å². The lowest BCUT2D eigenvalue weighted by atomic mass is 10.1. The molecule has 0 aliphatic heterocycles. The van der Waals surface area contributed by atoms with E-state index in [9.17, 15) is 0 Å². The highest BCUT2D eigenvalue weighted by atomic mass is 16.5. The second-order valence-electron chi connectivity index (χ2n) is 3.87. The van der Waals surface area contributed by atoms with Gasteiger partial charge in [-0.25, -0.2) is 0 Å². The first-order chi connectivity index (χ1) is 8.67. The van der Waals surface area contributed by atoms with Gasteiger partial charge in [-0.15, -0.1) is 0 Å². The lowest BCUT2D eigenvalue weighted by Gasteiger charge is -2.12. The molecule has 0 aliphatic rings. The van der Waals surface area contributed by atoms with Gasteiger partial charge in [0.1, 0.15) is 11.3 Å². The van der Waals surface area contributed by atoms with Crippen molar-refractivity contribution < 1.29 is 18.6 Å². The van der Waals surface area contributed by atoms with Gasteiger partial charge >= 0.3 is 0 Å². The van der Waals surface area contributed by atoms with E-state index < -0.39 is 0 Å². The lowest BCUT2D eigenvalue weighted by Crippen LogP contribution is -1.97. The van der Waals surface area contributed by atoms with Crippen molar-refractivity contribution in [3.63, 3.8) is 0 Å². The van der Waals surface area contributed by atoms with Crippen molar-refractivity contribution in [2.45, 2.75) is 13.5 Å². The standard InChI is InChI=1S/C13H17NO4/c1-7-10(6-14)18-8-5-9(15-2)12(16-3)13(17-4)11(7)8/h5H,6,14H2,1-4H3. The van der Waals surface area contributed by atoms with Crippen molar-refractivity contribution in [3.05, 3.63) is 17.4 Å². The smallest absolute Gasteiger partial charge is 0.204 e.